The number of likely N-dealkylation sites (tertiary alicyclic amines) is 1. The van der Waals surface area contributed by atoms with Gasteiger partial charge in [-0.25, -0.2) is 9.97 Å². The smallest absolute Gasteiger partial charge is 0.254 e. The molecule has 0 aliphatic carbocycles. The number of amides is 2. The first-order valence-electron chi connectivity index (χ1n) is 11.7. The first-order chi connectivity index (χ1) is 16.9. The second-order valence-electron chi connectivity index (χ2n) is 9.12. The number of primary amides is 1. The molecule has 2 aromatic carbocycles. The molecule has 5 rings (SSSR count). The number of nitrogens with one attached hydrogen (secondary N) is 1. The molecule has 0 spiro atoms. The summed E-state index contributed by atoms with van der Waals surface area (Å²) in [6, 6.07) is 10.7. The van der Waals surface area contributed by atoms with Crippen LogP contribution >= 0.6 is 11.6 Å². The minimum atomic E-state index is -0.520. The van der Waals surface area contributed by atoms with Gasteiger partial charge in [-0.05, 0) is 67.6 Å². The van der Waals surface area contributed by atoms with Crippen LogP contribution in [0, 0.1) is 0 Å². The quantitative estimate of drug-likeness (QED) is 0.410. The second kappa shape index (κ2) is 9.54. The highest BCUT2D eigenvalue weighted by Crippen LogP contribution is 2.29. The van der Waals surface area contributed by atoms with Crippen LogP contribution in [0.4, 0.5) is 0 Å². The van der Waals surface area contributed by atoms with Gasteiger partial charge in [-0.15, -0.1) is 0 Å². The van der Waals surface area contributed by atoms with Crippen molar-refractivity contribution in [2.45, 2.75) is 31.6 Å². The van der Waals surface area contributed by atoms with E-state index in [1.54, 1.807) is 24.5 Å². The summed E-state index contributed by atoms with van der Waals surface area (Å²) in [4.78, 5) is 39.7. The number of carbonyl (C=O) groups excluding carboxylic acids is 2. The van der Waals surface area contributed by atoms with Crippen LogP contribution in [0.15, 0.2) is 48.9 Å². The third-order valence-electron chi connectivity index (χ3n) is 6.70. The van der Waals surface area contributed by atoms with Crippen molar-refractivity contribution in [1.82, 2.24) is 24.4 Å². The van der Waals surface area contributed by atoms with Crippen LogP contribution in [0.25, 0.3) is 11.0 Å². The Balaban J connectivity index is 1.57. The maximum atomic E-state index is 13.4. The van der Waals surface area contributed by atoms with E-state index < -0.39 is 5.91 Å². The second-order valence-corrected chi connectivity index (χ2v) is 9.56. The van der Waals surface area contributed by atoms with Crippen molar-refractivity contribution < 1.29 is 9.59 Å². The fourth-order valence-electron chi connectivity index (χ4n) is 4.77. The summed E-state index contributed by atoms with van der Waals surface area (Å²) in [6.07, 6.45) is 6.75. The zero-order chi connectivity index (χ0) is 24.5. The summed E-state index contributed by atoms with van der Waals surface area (Å²) in [7, 11) is 1.95. The van der Waals surface area contributed by atoms with E-state index in [0.29, 0.717) is 29.0 Å². The van der Waals surface area contributed by atoms with Crippen molar-refractivity contribution in [3.05, 3.63) is 82.2 Å². The highest BCUT2D eigenvalue weighted by Gasteiger charge is 2.26. The van der Waals surface area contributed by atoms with E-state index in [0.717, 1.165) is 54.0 Å². The summed E-state index contributed by atoms with van der Waals surface area (Å²) in [6.45, 7) is 1.50. The molecule has 0 radical (unpaired) electrons. The van der Waals surface area contributed by atoms with Crippen molar-refractivity contribution >= 4 is 34.4 Å². The van der Waals surface area contributed by atoms with Gasteiger partial charge in [-0.3, -0.25) is 9.59 Å². The fraction of sp³-hybridized carbons (Fsp3) is 0.308. The zero-order valence-corrected chi connectivity index (χ0v) is 20.3. The highest BCUT2D eigenvalue weighted by atomic mass is 35.5. The summed E-state index contributed by atoms with van der Waals surface area (Å²) >= 11 is 6.19. The molecule has 35 heavy (non-hydrogen) atoms. The number of hydrogen-bond acceptors (Lipinski definition) is 4. The van der Waals surface area contributed by atoms with Gasteiger partial charge in [0.2, 0.25) is 5.91 Å². The average molecular weight is 491 g/mol. The predicted octanol–water partition coefficient (Wildman–Crippen LogP) is 3.85. The molecule has 1 saturated heterocycles. The van der Waals surface area contributed by atoms with Crippen LogP contribution in [0.3, 0.4) is 0 Å². The lowest BCUT2D eigenvalue weighted by Gasteiger charge is -2.21. The number of fused-ring (bicyclic) bond motifs is 1. The molecule has 180 valence electrons. The topological polar surface area (TPSA) is 110 Å². The largest absolute Gasteiger partial charge is 0.366 e. The standard InChI is InChI=1S/C26H27ClN6O2/c1-32-15-29-14-20(32)12-18(25-30-22-7-5-19(27)13-23(22)31-25)11-17-10-16(24(28)34)4-6-21(17)26(35)33-8-2-3-9-33/h4-7,10,13-15,18H,2-3,8-9,11-12H2,1H3,(H2,28,34)(H,30,31)/t18-/m0/s1. The monoisotopic (exact) mass is 490 g/mol. The Morgan fingerprint density at radius 3 is 2.66 bits per heavy atom. The molecular formula is C26H27ClN6O2. The third-order valence-corrected chi connectivity index (χ3v) is 6.94. The number of benzene rings is 2. The first-order valence-corrected chi connectivity index (χ1v) is 12.1. The first kappa shape index (κ1) is 23.1. The summed E-state index contributed by atoms with van der Waals surface area (Å²) in [5, 5.41) is 0.628. The Kier molecular flexibility index (Phi) is 6.30. The number of rotatable bonds is 7. The molecule has 4 aromatic rings. The molecule has 0 unspecified atom stereocenters. The number of aryl methyl sites for hydroxylation is 1. The van der Waals surface area contributed by atoms with Gasteiger partial charge >= 0.3 is 0 Å². The van der Waals surface area contributed by atoms with Crippen LogP contribution in [0.2, 0.25) is 5.02 Å². The van der Waals surface area contributed by atoms with Gasteiger partial charge in [0.25, 0.3) is 5.91 Å². The maximum Gasteiger partial charge on any atom is 0.254 e. The molecule has 2 aromatic heterocycles. The van der Waals surface area contributed by atoms with E-state index in [4.69, 9.17) is 22.3 Å². The lowest BCUT2D eigenvalue weighted by atomic mass is 9.90. The average Bonchev–Trinajstić information content (AvgIpc) is 3.59. The van der Waals surface area contributed by atoms with Gasteiger partial charge in [-0.2, -0.15) is 0 Å². The lowest BCUT2D eigenvalue weighted by Crippen LogP contribution is -2.29. The Morgan fingerprint density at radius 2 is 1.94 bits per heavy atom. The number of halogens is 1. The van der Waals surface area contributed by atoms with E-state index in [2.05, 4.69) is 9.97 Å². The normalized spacial score (nSPS) is 14.5. The minimum Gasteiger partial charge on any atom is -0.366 e. The predicted molar refractivity (Wildman–Crippen MR) is 135 cm³/mol. The van der Waals surface area contributed by atoms with E-state index >= 15 is 0 Å². The molecule has 1 aliphatic rings. The molecule has 8 nitrogen and oxygen atoms in total. The number of nitrogens with two attached hydrogens (primary N) is 1. The molecule has 3 N–H and O–H groups in total. The zero-order valence-electron chi connectivity index (χ0n) is 19.5. The molecule has 2 amide bonds. The van der Waals surface area contributed by atoms with Crippen molar-refractivity contribution in [1.29, 1.82) is 0 Å². The maximum absolute atomic E-state index is 13.4. The Bertz CT molecular complexity index is 1400. The number of hydrogen-bond donors (Lipinski definition) is 2. The summed E-state index contributed by atoms with van der Waals surface area (Å²) in [5.74, 6) is 0.148. The van der Waals surface area contributed by atoms with Crippen LogP contribution in [-0.2, 0) is 19.9 Å². The van der Waals surface area contributed by atoms with Gasteiger partial charge < -0.3 is 20.2 Å². The highest BCUT2D eigenvalue weighted by molar-refractivity contribution is 6.31. The number of aromatic nitrogens is 4. The van der Waals surface area contributed by atoms with E-state index in [1.807, 2.05) is 40.9 Å². The van der Waals surface area contributed by atoms with Gasteiger partial charge in [0.15, 0.2) is 0 Å². The molecule has 1 aliphatic heterocycles. The molecule has 0 saturated carbocycles. The number of H-pyrrole nitrogens is 1. The Hall–Kier alpha value is -3.65. The van der Waals surface area contributed by atoms with Crippen LogP contribution in [0.1, 0.15) is 56.6 Å². The number of aromatic amines is 1. The molecule has 1 fully saturated rings. The van der Waals surface area contributed by atoms with Crippen molar-refractivity contribution in [2.24, 2.45) is 12.8 Å². The molecular weight excluding hydrogens is 464 g/mol. The molecule has 3 heterocycles. The van der Waals surface area contributed by atoms with Crippen molar-refractivity contribution in [2.75, 3.05) is 13.1 Å². The third kappa shape index (κ3) is 4.79. The van der Waals surface area contributed by atoms with Gasteiger partial charge in [-0.1, -0.05) is 11.6 Å². The van der Waals surface area contributed by atoms with E-state index in [9.17, 15) is 9.59 Å². The Morgan fingerprint density at radius 1 is 1.14 bits per heavy atom. The number of nitrogens with zero attached hydrogens (tertiary/aromatic N) is 4. The Labute approximate surface area is 208 Å². The van der Waals surface area contributed by atoms with Gasteiger partial charge in [0, 0.05) is 54.1 Å². The molecule has 0 bridgehead atoms. The van der Waals surface area contributed by atoms with Gasteiger partial charge in [0.1, 0.15) is 5.82 Å². The summed E-state index contributed by atoms with van der Waals surface area (Å²) < 4.78 is 1.97. The summed E-state index contributed by atoms with van der Waals surface area (Å²) in [5.41, 5.74) is 10.1. The molecule has 9 heteroatoms. The SMILES string of the molecule is Cn1cncc1C[C@H](Cc1cc(C(N)=O)ccc1C(=O)N1CCCC1)c1nc2ccc(Cl)cc2[nH]1. The molecule has 1 atom stereocenters. The van der Waals surface area contributed by atoms with Crippen LogP contribution < -0.4 is 5.73 Å². The minimum absolute atomic E-state index is 0.0100. The lowest BCUT2D eigenvalue weighted by molar-refractivity contribution is 0.0791. The van der Waals surface area contributed by atoms with Crippen molar-refractivity contribution in [3.63, 3.8) is 0 Å². The van der Waals surface area contributed by atoms with Gasteiger partial charge in [0.05, 0.1) is 17.4 Å². The fourth-order valence-corrected chi connectivity index (χ4v) is 4.95. The van der Waals surface area contributed by atoms with Crippen molar-refractivity contribution in [3.8, 4) is 0 Å². The van der Waals surface area contributed by atoms with E-state index in [-0.39, 0.29) is 11.8 Å². The van der Waals surface area contributed by atoms with Crippen LogP contribution in [0.5, 0.6) is 0 Å². The van der Waals surface area contributed by atoms with E-state index in [1.165, 1.54) is 0 Å². The number of carbonyl (C=O) groups is 2. The van der Waals surface area contributed by atoms with Crippen LogP contribution in [-0.4, -0.2) is 49.3 Å². The number of imidazole rings is 2.